The summed E-state index contributed by atoms with van der Waals surface area (Å²) in [5.74, 6) is 0. The molecule has 0 aromatic carbocycles. The SMILES string of the molecule is O=CN(O)C=CC(=O)P(=O)([O-])[O-].[Na+].[Na+]. The second kappa shape index (κ2) is 9.23. The van der Waals surface area contributed by atoms with Gasteiger partial charge in [-0.3, -0.25) is 14.8 Å². The molecule has 0 aliphatic carbocycles. The van der Waals surface area contributed by atoms with Crippen LogP contribution in [0.5, 0.6) is 0 Å². The fraction of sp³-hybridized carbons (Fsp3) is 0. The number of hydrogen-bond donors (Lipinski definition) is 1. The Morgan fingerprint density at radius 1 is 1.36 bits per heavy atom. The third-order valence-electron chi connectivity index (χ3n) is 0.748. The van der Waals surface area contributed by atoms with E-state index >= 15 is 0 Å². The van der Waals surface area contributed by atoms with E-state index in [0.717, 1.165) is 0 Å². The largest absolute Gasteiger partial charge is 1.00 e. The number of hydroxylamine groups is 2. The quantitative estimate of drug-likeness (QED) is 0.130. The molecule has 0 bridgehead atoms. The molecule has 0 saturated carbocycles. The molecular formula is C4H4NNa2O6P. The molecule has 0 rings (SSSR count). The number of amides is 1. The smallest absolute Gasteiger partial charge is 0.805 e. The van der Waals surface area contributed by atoms with Crippen LogP contribution in [0.25, 0.3) is 0 Å². The second-order valence-corrected chi connectivity index (χ2v) is 3.07. The topological polar surface area (TPSA) is 121 Å². The van der Waals surface area contributed by atoms with E-state index in [4.69, 9.17) is 5.21 Å². The van der Waals surface area contributed by atoms with Crippen LogP contribution in [0.4, 0.5) is 0 Å². The van der Waals surface area contributed by atoms with Crippen molar-refractivity contribution in [1.29, 1.82) is 0 Å². The van der Waals surface area contributed by atoms with Gasteiger partial charge in [0.15, 0.2) is 5.52 Å². The summed E-state index contributed by atoms with van der Waals surface area (Å²) >= 11 is 0. The van der Waals surface area contributed by atoms with Crippen LogP contribution in [0.3, 0.4) is 0 Å². The van der Waals surface area contributed by atoms with Crippen molar-refractivity contribution in [2.75, 3.05) is 0 Å². The van der Waals surface area contributed by atoms with Crippen LogP contribution in [0, 0.1) is 0 Å². The number of carbonyl (C=O) groups is 2. The first kappa shape index (κ1) is 20.4. The van der Waals surface area contributed by atoms with Gasteiger partial charge in [0.2, 0.25) is 6.41 Å². The number of carbonyl (C=O) groups excluding carboxylic acids is 2. The molecule has 0 saturated heterocycles. The van der Waals surface area contributed by atoms with Gasteiger partial charge in [-0.1, -0.05) is 0 Å². The molecule has 1 N–H and O–H groups in total. The Hall–Kier alpha value is 0.990. The van der Waals surface area contributed by atoms with Crippen LogP contribution in [-0.4, -0.2) is 22.2 Å². The Labute approximate surface area is 124 Å². The van der Waals surface area contributed by atoms with Crippen molar-refractivity contribution < 1.29 is 88.3 Å². The second-order valence-electron chi connectivity index (χ2n) is 1.64. The van der Waals surface area contributed by atoms with Crippen molar-refractivity contribution in [3.8, 4) is 0 Å². The first-order chi connectivity index (χ1) is 5.38. The van der Waals surface area contributed by atoms with Gasteiger partial charge in [-0.25, -0.2) is 5.06 Å². The van der Waals surface area contributed by atoms with Gasteiger partial charge >= 0.3 is 59.1 Å². The normalized spacial score (nSPS) is 9.93. The van der Waals surface area contributed by atoms with Gasteiger partial charge in [0.05, 0.1) is 0 Å². The van der Waals surface area contributed by atoms with Crippen molar-refractivity contribution in [3.63, 3.8) is 0 Å². The zero-order valence-corrected chi connectivity index (χ0v) is 12.5. The summed E-state index contributed by atoms with van der Waals surface area (Å²) in [6.45, 7) is 0. The molecule has 0 radical (unpaired) electrons. The monoisotopic (exact) mass is 239 g/mol. The summed E-state index contributed by atoms with van der Waals surface area (Å²) in [7, 11) is -5.30. The van der Waals surface area contributed by atoms with E-state index in [-0.39, 0.29) is 76.7 Å². The van der Waals surface area contributed by atoms with Gasteiger partial charge in [-0.05, 0) is 0 Å². The van der Waals surface area contributed by atoms with E-state index in [1.807, 2.05) is 0 Å². The third kappa shape index (κ3) is 9.54. The fourth-order valence-corrected chi connectivity index (χ4v) is 0.516. The molecule has 10 heteroatoms. The van der Waals surface area contributed by atoms with E-state index in [9.17, 15) is 23.9 Å². The van der Waals surface area contributed by atoms with Crippen LogP contribution in [-0.2, 0) is 14.2 Å². The molecular weight excluding hydrogens is 235 g/mol. The Morgan fingerprint density at radius 3 is 2.07 bits per heavy atom. The maximum Gasteiger partial charge on any atom is 1.00 e. The molecule has 0 heterocycles. The molecule has 0 aliphatic heterocycles. The Balaban J connectivity index is -0.000000605. The molecule has 0 unspecified atom stereocenters. The molecule has 68 valence electrons. The molecule has 0 spiro atoms. The fourth-order valence-electron chi connectivity index (χ4n) is 0.267. The van der Waals surface area contributed by atoms with E-state index in [0.29, 0.717) is 6.20 Å². The summed E-state index contributed by atoms with van der Waals surface area (Å²) in [5, 5.41) is 8.20. The van der Waals surface area contributed by atoms with E-state index in [2.05, 4.69) is 0 Å². The van der Waals surface area contributed by atoms with Gasteiger partial charge in [0.25, 0.3) is 0 Å². The minimum atomic E-state index is -5.30. The van der Waals surface area contributed by atoms with Gasteiger partial charge in [-0.15, -0.1) is 0 Å². The molecule has 1 amide bonds. The number of hydrogen-bond acceptors (Lipinski definition) is 6. The molecule has 0 aliphatic rings. The van der Waals surface area contributed by atoms with Crippen LogP contribution < -0.4 is 68.9 Å². The molecule has 0 aromatic rings. The third-order valence-corrected chi connectivity index (χ3v) is 1.44. The van der Waals surface area contributed by atoms with E-state index in [1.165, 1.54) is 0 Å². The average Bonchev–Trinajstić information content (AvgIpc) is 1.97. The maximum absolute atomic E-state index is 10.3. The molecule has 7 nitrogen and oxygen atoms in total. The zero-order chi connectivity index (χ0) is 9.78. The molecule has 0 atom stereocenters. The van der Waals surface area contributed by atoms with E-state index in [1.54, 1.807) is 0 Å². The molecule has 0 aromatic heterocycles. The van der Waals surface area contributed by atoms with Gasteiger partial charge < -0.3 is 14.4 Å². The van der Waals surface area contributed by atoms with Crippen molar-refractivity contribution in [1.82, 2.24) is 5.06 Å². The predicted molar refractivity (Wildman–Crippen MR) is 31.4 cm³/mol. The minimum Gasteiger partial charge on any atom is -0.805 e. The van der Waals surface area contributed by atoms with Gasteiger partial charge in [0, 0.05) is 19.9 Å². The standard InChI is InChI=1S/C4H6NO6P.2Na/c6-3-5(8)2-1-4(7)12(9,10)11;;/h1-3,8H,(H2,9,10,11);;/q;2*+1/p-2. The molecule has 0 fully saturated rings. The number of nitrogens with zero attached hydrogens (tertiary/aromatic N) is 1. The van der Waals surface area contributed by atoms with Crippen molar-refractivity contribution >= 4 is 19.5 Å². The molecule has 14 heavy (non-hydrogen) atoms. The first-order valence-electron chi connectivity index (χ1n) is 2.55. The van der Waals surface area contributed by atoms with Crippen molar-refractivity contribution in [3.05, 3.63) is 12.3 Å². The predicted octanol–water partition coefficient (Wildman–Crippen LogP) is -8.20. The van der Waals surface area contributed by atoms with Crippen LogP contribution >= 0.6 is 7.60 Å². The van der Waals surface area contributed by atoms with Crippen molar-refractivity contribution in [2.24, 2.45) is 0 Å². The van der Waals surface area contributed by atoms with Crippen LogP contribution in [0.15, 0.2) is 12.3 Å². The van der Waals surface area contributed by atoms with Gasteiger partial charge in [0.1, 0.15) is 0 Å². The average molecular weight is 239 g/mol. The Kier molecular flexibility index (Phi) is 13.5. The Bertz CT molecular complexity index is 263. The zero-order valence-electron chi connectivity index (χ0n) is 7.61. The maximum atomic E-state index is 10.3. The van der Waals surface area contributed by atoms with Gasteiger partial charge in [-0.2, -0.15) is 0 Å². The number of rotatable bonds is 4. The summed E-state index contributed by atoms with van der Waals surface area (Å²) in [4.78, 5) is 39.7. The first-order valence-corrected chi connectivity index (χ1v) is 4.09. The summed E-state index contributed by atoms with van der Waals surface area (Å²) in [6.07, 6.45) is 0.622. The summed E-state index contributed by atoms with van der Waals surface area (Å²) in [5.41, 5.74) is -1.71. The van der Waals surface area contributed by atoms with Crippen molar-refractivity contribution in [2.45, 2.75) is 0 Å². The van der Waals surface area contributed by atoms with Crippen LogP contribution in [0.2, 0.25) is 0 Å². The summed E-state index contributed by atoms with van der Waals surface area (Å²) in [6, 6.07) is 0. The summed E-state index contributed by atoms with van der Waals surface area (Å²) < 4.78 is 9.92. The Morgan fingerprint density at radius 2 is 1.79 bits per heavy atom. The minimum absolute atomic E-state index is 0. The van der Waals surface area contributed by atoms with Crippen LogP contribution in [0.1, 0.15) is 0 Å². The number of allylic oxidation sites excluding steroid dienone is 1. The van der Waals surface area contributed by atoms with E-state index < -0.39 is 13.1 Å².